The Morgan fingerprint density at radius 1 is 0.692 bits per heavy atom. The van der Waals surface area contributed by atoms with Gasteiger partial charge in [0.05, 0.1) is 11.4 Å². The zero-order valence-electron chi connectivity index (χ0n) is 6.96. The molecule has 0 fully saturated rings. The van der Waals surface area contributed by atoms with Gasteiger partial charge in [-0.25, -0.2) is 0 Å². The van der Waals surface area contributed by atoms with Crippen LogP contribution in [0.2, 0.25) is 0 Å². The Bertz CT molecular complexity index is 310. The van der Waals surface area contributed by atoms with E-state index in [0.717, 1.165) is 11.4 Å². The molecule has 0 unspecified atom stereocenters. The first-order valence-electron chi connectivity index (χ1n) is 3.79. The maximum absolute atomic E-state index is 4.19. The van der Waals surface area contributed by atoms with Gasteiger partial charge in [0.1, 0.15) is 0 Å². The molecule has 2 aromatic heterocycles. The second kappa shape index (κ2) is 4.80. The van der Waals surface area contributed by atoms with Crippen LogP contribution in [0.5, 0.6) is 0 Å². The van der Waals surface area contributed by atoms with Gasteiger partial charge in [0.2, 0.25) is 0 Å². The smallest absolute Gasteiger partial charge is 0.0886 e. The largest absolute Gasteiger partial charge is 0.255 e. The van der Waals surface area contributed by atoms with Crippen LogP contribution in [0, 0.1) is 0 Å². The molecule has 2 heterocycles. The molecule has 0 amide bonds. The van der Waals surface area contributed by atoms with Gasteiger partial charge in [0.15, 0.2) is 0 Å². The second-order valence-electron chi connectivity index (χ2n) is 2.43. The standard InChI is InChI=1S/C10H8N2.V/c1-3-7-11-9(5-1)10-6-2-4-8-12-10;/h1-8H;. The molecule has 0 aliphatic carbocycles. The molecule has 2 rings (SSSR count). The molecule has 63 valence electrons. The Hall–Kier alpha value is -1.12. The molecule has 0 aliphatic rings. The molecule has 0 aliphatic heterocycles. The van der Waals surface area contributed by atoms with Crippen LogP contribution in [0.4, 0.5) is 0 Å². The van der Waals surface area contributed by atoms with E-state index < -0.39 is 0 Å². The van der Waals surface area contributed by atoms with E-state index >= 15 is 0 Å². The summed E-state index contributed by atoms with van der Waals surface area (Å²) in [6, 6.07) is 11.6. The van der Waals surface area contributed by atoms with Crippen LogP contribution < -0.4 is 0 Å². The maximum atomic E-state index is 4.19. The van der Waals surface area contributed by atoms with E-state index in [1.54, 1.807) is 12.4 Å². The Balaban J connectivity index is 0.000000845. The van der Waals surface area contributed by atoms with Gasteiger partial charge in [-0.1, -0.05) is 12.1 Å². The molecule has 0 atom stereocenters. The molecule has 2 nitrogen and oxygen atoms in total. The van der Waals surface area contributed by atoms with Gasteiger partial charge in [0, 0.05) is 30.9 Å². The summed E-state index contributed by atoms with van der Waals surface area (Å²) in [7, 11) is 0. The molecule has 0 aromatic carbocycles. The predicted octanol–water partition coefficient (Wildman–Crippen LogP) is 2.14. The van der Waals surface area contributed by atoms with Crippen molar-refractivity contribution in [2.45, 2.75) is 0 Å². The molecule has 0 bridgehead atoms. The van der Waals surface area contributed by atoms with Crippen molar-refractivity contribution < 1.29 is 18.6 Å². The zero-order chi connectivity index (χ0) is 8.23. The first-order valence-corrected chi connectivity index (χ1v) is 3.79. The van der Waals surface area contributed by atoms with E-state index in [2.05, 4.69) is 9.97 Å². The van der Waals surface area contributed by atoms with Crippen molar-refractivity contribution in [3.05, 3.63) is 48.8 Å². The number of rotatable bonds is 1. The average molecular weight is 207 g/mol. The average Bonchev–Trinajstić information content (AvgIpc) is 2.21. The summed E-state index contributed by atoms with van der Waals surface area (Å²) in [5.41, 5.74) is 1.83. The summed E-state index contributed by atoms with van der Waals surface area (Å²) in [6.07, 6.45) is 3.54. The number of nitrogens with zero attached hydrogens (tertiary/aromatic N) is 2. The molecule has 3 heteroatoms. The fraction of sp³-hybridized carbons (Fsp3) is 0. The summed E-state index contributed by atoms with van der Waals surface area (Å²) < 4.78 is 0. The van der Waals surface area contributed by atoms with Crippen molar-refractivity contribution in [3.8, 4) is 11.4 Å². The van der Waals surface area contributed by atoms with Gasteiger partial charge in [-0.2, -0.15) is 0 Å². The molecular weight excluding hydrogens is 199 g/mol. The summed E-state index contributed by atoms with van der Waals surface area (Å²) >= 11 is 0. The molecule has 1 radical (unpaired) electrons. The van der Waals surface area contributed by atoms with E-state index in [-0.39, 0.29) is 18.6 Å². The molecule has 13 heavy (non-hydrogen) atoms. The van der Waals surface area contributed by atoms with E-state index in [0.29, 0.717) is 0 Å². The van der Waals surface area contributed by atoms with Crippen LogP contribution in [-0.2, 0) is 18.6 Å². The molecule has 0 saturated heterocycles. The minimum absolute atomic E-state index is 0. The third kappa shape index (κ3) is 2.41. The van der Waals surface area contributed by atoms with E-state index in [1.165, 1.54) is 0 Å². The number of aromatic nitrogens is 2. The summed E-state index contributed by atoms with van der Waals surface area (Å²) in [5, 5.41) is 0. The number of pyridine rings is 2. The van der Waals surface area contributed by atoms with Crippen LogP contribution in [0.1, 0.15) is 0 Å². The van der Waals surface area contributed by atoms with Crippen molar-refractivity contribution in [2.24, 2.45) is 0 Å². The Morgan fingerprint density at radius 3 is 1.46 bits per heavy atom. The Kier molecular flexibility index (Phi) is 3.68. The van der Waals surface area contributed by atoms with E-state index in [4.69, 9.17) is 0 Å². The molecular formula is C10H8N2V. The van der Waals surface area contributed by atoms with Crippen molar-refractivity contribution in [3.63, 3.8) is 0 Å². The number of hydrogen-bond acceptors (Lipinski definition) is 2. The Labute approximate surface area is 88.9 Å². The maximum Gasteiger partial charge on any atom is 0.0886 e. The number of hydrogen-bond donors (Lipinski definition) is 0. The summed E-state index contributed by atoms with van der Waals surface area (Å²) in [5.74, 6) is 0. The zero-order valence-corrected chi connectivity index (χ0v) is 8.36. The van der Waals surface area contributed by atoms with Gasteiger partial charge in [0.25, 0.3) is 0 Å². The molecule has 0 spiro atoms. The second-order valence-corrected chi connectivity index (χ2v) is 2.43. The van der Waals surface area contributed by atoms with Crippen molar-refractivity contribution >= 4 is 0 Å². The Morgan fingerprint density at radius 2 is 1.15 bits per heavy atom. The SMILES string of the molecule is [V].c1ccc(-c2ccccn2)nc1. The normalized spacial score (nSPS) is 8.92. The van der Waals surface area contributed by atoms with Gasteiger partial charge in [-0.05, 0) is 24.3 Å². The van der Waals surface area contributed by atoms with Crippen molar-refractivity contribution in [1.82, 2.24) is 9.97 Å². The van der Waals surface area contributed by atoms with Crippen molar-refractivity contribution in [2.75, 3.05) is 0 Å². The molecule has 0 N–H and O–H groups in total. The fourth-order valence-corrected chi connectivity index (χ4v) is 1.03. The van der Waals surface area contributed by atoms with Crippen LogP contribution >= 0.6 is 0 Å². The minimum Gasteiger partial charge on any atom is -0.255 e. The first-order chi connectivity index (χ1) is 5.97. The van der Waals surface area contributed by atoms with Crippen molar-refractivity contribution in [1.29, 1.82) is 0 Å². The van der Waals surface area contributed by atoms with Crippen LogP contribution in [-0.4, -0.2) is 9.97 Å². The summed E-state index contributed by atoms with van der Waals surface area (Å²) in [4.78, 5) is 8.37. The van der Waals surface area contributed by atoms with E-state index in [1.807, 2.05) is 36.4 Å². The van der Waals surface area contributed by atoms with Gasteiger partial charge >= 0.3 is 0 Å². The molecule has 2 aromatic rings. The van der Waals surface area contributed by atoms with Gasteiger partial charge < -0.3 is 0 Å². The van der Waals surface area contributed by atoms with Crippen LogP contribution in [0.25, 0.3) is 11.4 Å². The van der Waals surface area contributed by atoms with Gasteiger partial charge in [-0.15, -0.1) is 0 Å². The fourth-order valence-electron chi connectivity index (χ4n) is 1.03. The van der Waals surface area contributed by atoms with Crippen LogP contribution in [0.3, 0.4) is 0 Å². The third-order valence-corrected chi connectivity index (χ3v) is 1.59. The topological polar surface area (TPSA) is 25.8 Å². The minimum atomic E-state index is 0. The monoisotopic (exact) mass is 207 g/mol. The first kappa shape index (κ1) is 9.97. The van der Waals surface area contributed by atoms with Crippen LogP contribution in [0.15, 0.2) is 48.8 Å². The van der Waals surface area contributed by atoms with E-state index in [9.17, 15) is 0 Å². The molecule has 0 saturated carbocycles. The third-order valence-electron chi connectivity index (χ3n) is 1.59. The summed E-state index contributed by atoms with van der Waals surface area (Å²) in [6.45, 7) is 0. The predicted molar refractivity (Wildman–Crippen MR) is 47.5 cm³/mol. The van der Waals surface area contributed by atoms with Gasteiger partial charge in [-0.3, -0.25) is 9.97 Å². The quantitative estimate of drug-likeness (QED) is 0.715.